The van der Waals surface area contributed by atoms with Crippen LogP contribution in [0.25, 0.3) is 0 Å². The standard InChI is InChI=1S/C24H29N3O2/c1-3-19-5-9-21(10-6-19)23(18-25)26-13-15-27(16-14-26)24(28)17-20-7-11-22(12-8-20)29-4-2/h5-12,23H,3-4,13-17H2,1-2H3. The van der Waals surface area contributed by atoms with Gasteiger partial charge in [0, 0.05) is 26.2 Å². The number of rotatable bonds is 7. The van der Waals surface area contributed by atoms with Crippen LogP contribution in [0, 0.1) is 11.3 Å². The van der Waals surface area contributed by atoms with Gasteiger partial charge in [0.1, 0.15) is 11.8 Å². The third kappa shape index (κ3) is 5.36. The van der Waals surface area contributed by atoms with Crippen LogP contribution in [0.5, 0.6) is 5.75 Å². The minimum atomic E-state index is -0.260. The Balaban J connectivity index is 1.54. The molecule has 1 heterocycles. The lowest BCUT2D eigenvalue weighted by Crippen LogP contribution is -2.49. The first-order valence-corrected chi connectivity index (χ1v) is 10.4. The molecule has 3 rings (SSSR count). The topological polar surface area (TPSA) is 56.6 Å². The Kier molecular flexibility index (Phi) is 7.26. The normalized spacial score (nSPS) is 15.6. The number of nitriles is 1. The number of aryl methyl sites for hydroxylation is 1. The molecule has 0 aliphatic carbocycles. The summed E-state index contributed by atoms with van der Waals surface area (Å²) in [5.41, 5.74) is 3.29. The highest BCUT2D eigenvalue weighted by atomic mass is 16.5. The van der Waals surface area contributed by atoms with Gasteiger partial charge in [0.05, 0.1) is 19.1 Å². The zero-order valence-corrected chi connectivity index (χ0v) is 17.3. The highest BCUT2D eigenvalue weighted by molar-refractivity contribution is 5.79. The maximum absolute atomic E-state index is 12.7. The Morgan fingerprint density at radius 1 is 1.00 bits per heavy atom. The number of benzene rings is 2. The van der Waals surface area contributed by atoms with Gasteiger partial charge >= 0.3 is 0 Å². The second-order valence-electron chi connectivity index (χ2n) is 7.30. The Morgan fingerprint density at radius 2 is 1.62 bits per heavy atom. The fourth-order valence-electron chi connectivity index (χ4n) is 3.69. The molecule has 1 aliphatic rings. The third-order valence-corrected chi connectivity index (χ3v) is 5.45. The Morgan fingerprint density at radius 3 is 2.17 bits per heavy atom. The average molecular weight is 392 g/mol. The molecule has 1 fully saturated rings. The molecule has 2 aromatic carbocycles. The molecule has 1 aliphatic heterocycles. The van der Waals surface area contributed by atoms with Gasteiger partial charge in [-0.1, -0.05) is 43.3 Å². The molecule has 0 radical (unpaired) electrons. The summed E-state index contributed by atoms with van der Waals surface area (Å²) in [6.07, 6.45) is 1.39. The van der Waals surface area contributed by atoms with Crippen molar-refractivity contribution in [1.29, 1.82) is 5.26 Å². The molecule has 0 bridgehead atoms. The van der Waals surface area contributed by atoms with Gasteiger partial charge in [-0.25, -0.2) is 0 Å². The third-order valence-electron chi connectivity index (χ3n) is 5.45. The molecule has 0 N–H and O–H groups in total. The van der Waals surface area contributed by atoms with Gasteiger partial charge in [-0.2, -0.15) is 5.26 Å². The largest absolute Gasteiger partial charge is 0.494 e. The molecule has 0 aromatic heterocycles. The van der Waals surface area contributed by atoms with Gasteiger partial charge < -0.3 is 9.64 Å². The van der Waals surface area contributed by atoms with E-state index in [0.29, 0.717) is 39.2 Å². The lowest BCUT2D eigenvalue weighted by molar-refractivity contribution is -0.132. The first kappa shape index (κ1) is 20.9. The summed E-state index contributed by atoms with van der Waals surface area (Å²) in [6, 6.07) is 18.2. The number of carbonyl (C=O) groups excluding carboxylic acids is 1. The summed E-state index contributed by atoms with van der Waals surface area (Å²) in [6.45, 7) is 7.44. The van der Waals surface area contributed by atoms with Gasteiger partial charge in [0.15, 0.2) is 0 Å². The zero-order chi connectivity index (χ0) is 20.6. The van der Waals surface area contributed by atoms with Gasteiger partial charge in [-0.3, -0.25) is 9.69 Å². The minimum absolute atomic E-state index is 0.134. The average Bonchev–Trinajstić information content (AvgIpc) is 2.77. The van der Waals surface area contributed by atoms with Crippen LogP contribution < -0.4 is 4.74 Å². The summed E-state index contributed by atoms with van der Waals surface area (Å²) in [5, 5.41) is 9.71. The summed E-state index contributed by atoms with van der Waals surface area (Å²) >= 11 is 0. The van der Waals surface area contributed by atoms with E-state index in [1.54, 1.807) is 0 Å². The van der Waals surface area contributed by atoms with E-state index in [9.17, 15) is 10.1 Å². The second kappa shape index (κ2) is 10.1. The van der Waals surface area contributed by atoms with E-state index in [4.69, 9.17) is 4.74 Å². The summed E-state index contributed by atoms with van der Waals surface area (Å²) < 4.78 is 5.45. The Bertz CT molecular complexity index is 832. The molecule has 0 spiro atoms. The van der Waals surface area contributed by atoms with E-state index >= 15 is 0 Å². The van der Waals surface area contributed by atoms with Crippen molar-refractivity contribution < 1.29 is 9.53 Å². The maximum Gasteiger partial charge on any atom is 0.227 e. The van der Waals surface area contributed by atoms with Crippen molar-refractivity contribution in [3.63, 3.8) is 0 Å². The molecule has 29 heavy (non-hydrogen) atoms. The number of nitrogens with zero attached hydrogens (tertiary/aromatic N) is 3. The van der Waals surface area contributed by atoms with Crippen LogP contribution in [0.1, 0.15) is 36.6 Å². The SMILES string of the molecule is CCOc1ccc(CC(=O)N2CCN(C(C#N)c3ccc(CC)cc3)CC2)cc1. The molecular weight excluding hydrogens is 362 g/mol. The number of ether oxygens (including phenoxy) is 1. The minimum Gasteiger partial charge on any atom is -0.494 e. The molecule has 1 saturated heterocycles. The van der Waals surface area contributed by atoms with Crippen molar-refractivity contribution in [1.82, 2.24) is 9.80 Å². The summed E-state index contributed by atoms with van der Waals surface area (Å²) in [5.74, 6) is 0.960. The lowest BCUT2D eigenvalue weighted by atomic mass is 10.0. The van der Waals surface area contributed by atoms with Crippen LogP contribution in [0.2, 0.25) is 0 Å². The Labute approximate surface area is 173 Å². The predicted molar refractivity (Wildman–Crippen MR) is 114 cm³/mol. The van der Waals surface area contributed by atoms with Crippen molar-refractivity contribution in [3.8, 4) is 11.8 Å². The molecule has 1 unspecified atom stereocenters. The number of carbonyl (C=O) groups is 1. The molecule has 1 amide bonds. The molecule has 5 heteroatoms. The van der Waals surface area contributed by atoms with Gasteiger partial charge in [-0.05, 0) is 42.2 Å². The smallest absolute Gasteiger partial charge is 0.227 e. The molecule has 1 atom stereocenters. The van der Waals surface area contributed by atoms with Crippen LogP contribution in [0.15, 0.2) is 48.5 Å². The predicted octanol–water partition coefficient (Wildman–Crippen LogP) is 3.60. The monoisotopic (exact) mass is 391 g/mol. The van der Waals surface area contributed by atoms with E-state index in [1.807, 2.05) is 36.1 Å². The fraction of sp³-hybridized carbons (Fsp3) is 0.417. The number of hydrogen-bond donors (Lipinski definition) is 0. The van der Waals surface area contributed by atoms with Gasteiger partial charge in [0.2, 0.25) is 5.91 Å². The van der Waals surface area contributed by atoms with Crippen molar-refractivity contribution in [2.45, 2.75) is 32.7 Å². The first-order chi connectivity index (χ1) is 14.1. The fourth-order valence-corrected chi connectivity index (χ4v) is 3.69. The van der Waals surface area contributed by atoms with Crippen LogP contribution >= 0.6 is 0 Å². The van der Waals surface area contributed by atoms with Crippen LogP contribution in [0.4, 0.5) is 0 Å². The van der Waals surface area contributed by atoms with Gasteiger partial charge in [0.25, 0.3) is 0 Å². The van der Waals surface area contributed by atoms with Crippen LogP contribution in [-0.2, 0) is 17.6 Å². The molecular formula is C24H29N3O2. The number of hydrogen-bond acceptors (Lipinski definition) is 4. The van der Waals surface area contributed by atoms with Crippen molar-refractivity contribution in [2.24, 2.45) is 0 Å². The second-order valence-corrected chi connectivity index (χ2v) is 7.30. The highest BCUT2D eigenvalue weighted by Gasteiger charge is 2.27. The van der Waals surface area contributed by atoms with Crippen molar-refractivity contribution >= 4 is 5.91 Å². The number of piperazine rings is 1. The van der Waals surface area contributed by atoms with E-state index in [0.717, 1.165) is 23.3 Å². The van der Waals surface area contributed by atoms with E-state index < -0.39 is 0 Å². The van der Waals surface area contributed by atoms with Crippen LogP contribution in [0.3, 0.4) is 0 Å². The molecule has 152 valence electrons. The van der Waals surface area contributed by atoms with E-state index in [2.05, 4.69) is 42.2 Å². The van der Waals surface area contributed by atoms with Crippen LogP contribution in [-0.4, -0.2) is 48.5 Å². The van der Waals surface area contributed by atoms with Crippen molar-refractivity contribution in [3.05, 3.63) is 65.2 Å². The lowest BCUT2D eigenvalue weighted by Gasteiger charge is -2.37. The summed E-state index contributed by atoms with van der Waals surface area (Å²) in [7, 11) is 0. The molecule has 0 saturated carbocycles. The Hall–Kier alpha value is -2.84. The highest BCUT2D eigenvalue weighted by Crippen LogP contribution is 2.22. The van der Waals surface area contributed by atoms with Crippen molar-refractivity contribution in [2.75, 3.05) is 32.8 Å². The summed E-state index contributed by atoms with van der Waals surface area (Å²) in [4.78, 5) is 16.7. The maximum atomic E-state index is 12.7. The van der Waals surface area contributed by atoms with Gasteiger partial charge in [-0.15, -0.1) is 0 Å². The van der Waals surface area contributed by atoms with E-state index in [-0.39, 0.29) is 11.9 Å². The quantitative estimate of drug-likeness (QED) is 0.724. The van der Waals surface area contributed by atoms with E-state index in [1.165, 1.54) is 5.56 Å². The zero-order valence-electron chi connectivity index (χ0n) is 17.3. The number of amides is 1. The molecule has 5 nitrogen and oxygen atoms in total. The molecule has 2 aromatic rings. The first-order valence-electron chi connectivity index (χ1n) is 10.4.